The maximum atomic E-state index is 12.5. The number of hydrogen-bond donors (Lipinski definition) is 1. The monoisotopic (exact) mass is 313 g/mol. The summed E-state index contributed by atoms with van der Waals surface area (Å²) in [7, 11) is 1.68. The van der Waals surface area contributed by atoms with Gasteiger partial charge in [-0.1, -0.05) is 12.1 Å². The van der Waals surface area contributed by atoms with Crippen molar-refractivity contribution in [3.8, 4) is 5.75 Å². The van der Waals surface area contributed by atoms with E-state index in [1.54, 1.807) is 13.3 Å². The Morgan fingerprint density at radius 3 is 2.39 bits per heavy atom. The Bertz CT molecular complexity index is 655. The molecular weight excluding hydrogens is 290 g/mol. The molecule has 1 aromatic heterocycles. The first-order valence-electron chi connectivity index (χ1n) is 7.95. The van der Waals surface area contributed by atoms with E-state index >= 15 is 0 Å². The molecule has 23 heavy (non-hydrogen) atoms. The standard InChI is InChI=1S/C18H23N3O2/c1-14-11-19-12-17(14)18(22)21-9-7-20(8-10-21)13-15-3-5-16(23-2)6-4-15/h3-6,11-12,19H,7-10,13H2,1-2H3. The van der Waals surface area contributed by atoms with Crippen LogP contribution in [0.1, 0.15) is 21.5 Å². The minimum absolute atomic E-state index is 0.132. The fourth-order valence-electron chi connectivity index (χ4n) is 2.94. The number of carbonyl (C=O) groups is 1. The zero-order valence-electron chi connectivity index (χ0n) is 13.7. The molecule has 2 heterocycles. The molecule has 0 saturated carbocycles. The van der Waals surface area contributed by atoms with Gasteiger partial charge in [-0.15, -0.1) is 0 Å². The smallest absolute Gasteiger partial charge is 0.255 e. The topological polar surface area (TPSA) is 48.6 Å². The molecule has 0 aliphatic carbocycles. The number of hydrogen-bond acceptors (Lipinski definition) is 3. The number of benzene rings is 1. The molecule has 0 unspecified atom stereocenters. The Morgan fingerprint density at radius 2 is 1.83 bits per heavy atom. The van der Waals surface area contributed by atoms with Gasteiger partial charge in [0.25, 0.3) is 5.91 Å². The number of nitrogens with zero attached hydrogens (tertiary/aromatic N) is 2. The molecule has 1 N–H and O–H groups in total. The summed E-state index contributed by atoms with van der Waals surface area (Å²) in [5.41, 5.74) is 3.07. The summed E-state index contributed by atoms with van der Waals surface area (Å²) in [6.07, 6.45) is 3.66. The Balaban J connectivity index is 1.54. The number of H-pyrrole nitrogens is 1. The predicted octanol–water partition coefficient (Wildman–Crippen LogP) is 2.29. The maximum absolute atomic E-state index is 12.5. The molecule has 5 nitrogen and oxygen atoms in total. The largest absolute Gasteiger partial charge is 0.497 e. The molecule has 1 aliphatic heterocycles. The molecule has 1 amide bonds. The van der Waals surface area contributed by atoms with Crippen LogP contribution in [0.25, 0.3) is 0 Å². The summed E-state index contributed by atoms with van der Waals surface area (Å²) in [6, 6.07) is 8.17. The molecule has 1 fully saturated rings. The zero-order chi connectivity index (χ0) is 16.2. The number of aromatic nitrogens is 1. The fraction of sp³-hybridized carbons (Fsp3) is 0.389. The molecule has 1 aromatic carbocycles. The van der Waals surface area contributed by atoms with Crippen LogP contribution in [0.2, 0.25) is 0 Å². The number of amides is 1. The van der Waals surface area contributed by atoms with Crippen LogP contribution in [0, 0.1) is 6.92 Å². The Labute approximate surface area is 136 Å². The molecule has 0 radical (unpaired) electrons. The first kappa shape index (κ1) is 15.6. The SMILES string of the molecule is COc1ccc(CN2CCN(C(=O)c3c[nH]cc3C)CC2)cc1. The van der Waals surface area contributed by atoms with Gasteiger partial charge in [-0.2, -0.15) is 0 Å². The van der Waals surface area contributed by atoms with E-state index in [2.05, 4.69) is 22.0 Å². The summed E-state index contributed by atoms with van der Waals surface area (Å²) in [5.74, 6) is 1.01. The zero-order valence-corrected chi connectivity index (χ0v) is 13.7. The minimum Gasteiger partial charge on any atom is -0.497 e. The number of nitrogens with one attached hydrogen (secondary N) is 1. The summed E-state index contributed by atoms with van der Waals surface area (Å²) >= 11 is 0. The molecule has 122 valence electrons. The second-order valence-corrected chi connectivity index (χ2v) is 5.97. The summed E-state index contributed by atoms with van der Waals surface area (Å²) in [6.45, 7) is 6.24. The average molecular weight is 313 g/mol. The van der Waals surface area contributed by atoms with Gasteiger partial charge >= 0.3 is 0 Å². The summed E-state index contributed by atoms with van der Waals surface area (Å²) < 4.78 is 5.18. The predicted molar refractivity (Wildman–Crippen MR) is 89.7 cm³/mol. The van der Waals surface area contributed by atoms with Crippen molar-refractivity contribution in [3.05, 3.63) is 53.3 Å². The summed E-state index contributed by atoms with van der Waals surface area (Å²) in [4.78, 5) is 19.8. The van der Waals surface area contributed by atoms with E-state index in [1.807, 2.05) is 30.2 Å². The number of piperazine rings is 1. The van der Waals surface area contributed by atoms with Gasteiger partial charge in [-0.05, 0) is 30.2 Å². The van der Waals surface area contributed by atoms with Gasteiger partial charge in [0.2, 0.25) is 0 Å². The van der Waals surface area contributed by atoms with Crippen molar-refractivity contribution in [1.82, 2.24) is 14.8 Å². The van der Waals surface area contributed by atoms with Gasteiger partial charge in [0.05, 0.1) is 12.7 Å². The van der Waals surface area contributed by atoms with Gasteiger partial charge in [0.15, 0.2) is 0 Å². The van der Waals surface area contributed by atoms with Crippen molar-refractivity contribution >= 4 is 5.91 Å². The third-order valence-corrected chi connectivity index (χ3v) is 4.41. The van der Waals surface area contributed by atoms with Crippen LogP contribution >= 0.6 is 0 Å². The van der Waals surface area contributed by atoms with Gasteiger partial charge in [0, 0.05) is 45.1 Å². The number of methoxy groups -OCH3 is 1. The van der Waals surface area contributed by atoms with Crippen molar-refractivity contribution in [2.24, 2.45) is 0 Å². The van der Waals surface area contributed by atoms with Crippen LogP contribution < -0.4 is 4.74 Å². The number of aromatic amines is 1. The number of aryl methyl sites for hydroxylation is 1. The third-order valence-electron chi connectivity index (χ3n) is 4.41. The lowest BCUT2D eigenvalue weighted by Crippen LogP contribution is -2.48. The third kappa shape index (κ3) is 3.56. The van der Waals surface area contributed by atoms with Crippen molar-refractivity contribution in [1.29, 1.82) is 0 Å². The lowest BCUT2D eigenvalue weighted by atomic mass is 10.1. The highest BCUT2D eigenvalue weighted by Gasteiger charge is 2.23. The highest BCUT2D eigenvalue weighted by molar-refractivity contribution is 5.95. The fourth-order valence-corrected chi connectivity index (χ4v) is 2.94. The van der Waals surface area contributed by atoms with Crippen molar-refractivity contribution in [2.75, 3.05) is 33.3 Å². The van der Waals surface area contributed by atoms with Gasteiger partial charge < -0.3 is 14.6 Å². The molecule has 5 heteroatoms. The van der Waals surface area contributed by atoms with Crippen molar-refractivity contribution in [3.63, 3.8) is 0 Å². The van der Waals surface area contributed by atoms with Crippen molar-refractivity contribution in [2.45, 2.75) is 13.5 Å². The van der Waals surface area contributed by atoms with Crippen LogP contribution in [0.5, 0.6) is 5.75 Å². The second-order valence-electron chi connectivity index (χ2n) is 5.97. The lowest BCUT2D eigenvalue weighted by molar-refractivity contribution is 0.0628. The van der Waals surface area contributed by atoms with Crippen molar-refractivity contribution < 1.29 is 9.53 Å². The van der Waals surface area contributed by atoms with Gasteiger partial charge in [-0.25, -0.2) is 0 Å². The van der Waals surface area contributed by atoms with Crippen LogP contribution in [-0.4, -0.2) is 54.0 Å². The van der Waals surface area contributed by atoms with E-state index in [-0.39, 0.29) is 5.91 Å². The Hall–Kier alpha value is -2.27. The van der Waals surface area contributed by atoms with E-state index in [0.29, 0.717) is 0 Å². The average Bonchev–Trinajstić information content (AvgIpc) is 3.02. The van der Waals surface area contributed by atoms with Gasteiger partial charge in [-0.3, -0.25) is 9.69 Å². The number of ether oxygens (including phenoxy) is 1. The Kier molecular flexibility index (Phi) is 4.67. The molecule has 0 spiro atoms. The normalized spacial score (nSPS) is 15.7. The van der Waals surface area contributed by atoms with E-state index in [4.69, 9.17) is 4.74 Å². The number of carbonyl (C=O) groups excluding carboxylic acids is 1. The molecule has 1 aliphatic rings. The minimum atomic E-state index is 0.132. The first-order chi connectivity index (χ1) is 11.2. The van der Waals surface area contributed by atoms with E-state index in [1.165, 1.54) is 5.56 Å². The number of rotatable bonds is 4. The molecular formula is C18H23N3O2. The lowest BCUT2D eigenvalue weighted by Gasteiger charge is -2.34. The van der Waals surface area contributed by atoms with E-state index < -0.39 is 0 Å². The maximum Gasteiger partial charge on any atom is 0.255 e. The van der Waals surface area contributed by atoms with Gasteiger partial charge in [0.1, 0.15) is 5.75 Å². The molecule has 0 bridgehead atoms. The molecule has 3 rings (SSSR count). The Morgan fingerprint density at radius 1 is 1.13 bits per heavy atom. The van der Waals surface area contributed by atoms with E-state index in [9.17, 15) is 4.79 Å². The summed E-state index contributed by atoms with van der Waals surface area (Å²) in [5, 5.41) is 0. The highest BCUT2D eigenvalue weighted by atomic mass is 16.5. The molecule has 1 saturated heterocycles. The van der Waals surface area contributed by atoms with E-state index in [0.717, 1.165) is 49.6 Å². The van der Waals surface area contributed by atoms with Crippen LogP contribution in [0.15, 0.2) is 36.7 Å². The second kappa shape index (κ2) is 6.87. The van der Waals surface area contributed by atoms with Crippen LogP contribution in [0.3, 0.4) is 0 Å². The highest BCUT2D eigenvalue weighted by Crippen LogP contribution is 2.16. The molecule has 2 aromatic rings. The quantitative estimate of drug-likeness (QED) is 0.942. The first-order valence-corrected chi connectivity index (χ1v) is 7.95. The molecule has 0 atom stereocenters. The van der Waals surface area contributed by atoms with Crippen LogP contribution in [0.4, 0.5) is 0 Å². The van der Waals surface area contributed by atoms with Crippen LogP contribution in [-0.2, 0) is 6.54 Å².